The molecule has 30 heavy (non-hydrogen) atoms. The van der Waals surface area contributed by atoms with E-state index in [9.17, 15) is 19.2 Å². The van der Waals surface area contributed by atoms with E-state index < -0.39 is 29.6 Å². The van der Waals surface area contributed by atoms with Crippen molar-refractivity contribution in [3.8, 4) is 0 Å². The lowest BCUT2D eigenvalue weighted by Gasteiger charge is -2.52. The average molecular weight is 415 g/mol. The molecule has 0 N–H and O–H groups in total. The first-order chi connectivity index (χ1) is 13.9. The van der Waals surface area contributed by atoms with Crippen LogP contribution in [0.5, 0.6) is 0 Å². The van der Waals surface area contributed by atoms with Crippen LogP contribution in [0.25, 0.3) is 0 Å². The number of Topliss-reactive ketones (excluding diaryl/α,β-unsaturated/α-hetero) is 1. The molecule has 0 aliphatic carbocycles. The number of esters is 1. The molecule has 0 radical (unpaired) electrons. The standard InChI is InChI=1S/C23H30N2O5/c1-15-6-8-17(9-7-15)24-13-16(10-19(24)27)21(29)30-14-20(28)25-22(2,3)11-18(26)12-23(25,4)5/h6-9,16H,10-14H2,1-5H3. The van der Waals surface area contributed by atoms with E-state index in [0.717, 1.165) is 11.3 Å². The predicted octanol–water partition coefficient (Wildman–Crippen LogP) is 2.64. The van der Waals surface area contributed by atoms with Crippen LogP contribution in [0.1, 0.15) is 52.5 Å². The van der Waals surface area contributed by atoms with Crippen LogP contribution < -0.4 is 4.90 Å². The first-order valence-electron chi connectivity index (χ1n) is 10.3. The fraction of sp³-hybridized carbons (Fsp3) is 0.565. The molecular formula is C23H30N2O5. The summed E-state index contributed by atoms with van der Waals surface area (Å²) in [6.45, 7) is 9.20. The second kappa shape index (κ2) is 7.85. The second-order valence-electron chi connectivity index (χ2n) is 9.59. The summed E-state index contributed by atoms with van der Waals surface area (Å²) in [6.07, 6.45) is 0.619. The van der Waals surface area contributed by atoms with Crippen LogP contribution >= 0.6 is 0 Å². The zero-order valence-electron chi connectivity index (χ0n) is 18.4. The van der Waals surface area contributed by atoms with Gasteiger partial charge in [-0.3, -0.25) is 19.2 Å². The van der Waals surface area contributed by atoms with Crippen molar-refractivity contribution in [1.29, 1.82) is 0 Å². The zero-order valence-corrected chi connectivity index (χ0v) is 18.4. The Labute approximate surface area is 177 Å². The summed E-state index contributed by atoms with van der Waals surface area (Å²) in [5, 5.41) is 0. The van der Waals surface area contributed by atoms with Crippen molar-refractivity contribution in [2.75, 3.05) is 18.1 Å². The van der Waals surface area contributed by atoms with Crippen molar-refractivity contribution in [3.05, 3.63) is 29.8 Å². The maximum Gasteiger partial charge on any atom is 0.311 e. The van der Waals surface area contributed by atoms with Crippen molar-refractivity contribution in [3.63, 3.8) is 0 Å². The summed E-state index contributed by atoms with van der Waals surface area (Å²) >= 11 is 0. The molecule has 7 nitrogen and oxygen atoms in total. The molecule has 2 aliphatic rings. The topological polar surface area (TPSA) is 84.0 Å². The number of ketones is 1. The number of nitrogens with zero attached hydrogens (tertiary/aromatic N) is 2. The van der Waals surface area contributed by atoms with Crippen LogP contribution in [0.2, 0.25) is 0 Å². The van der Waals surface area contributed by atoms with E-state index in [0.29, 0.717) is 0 Å². The van der Waals surface area contributed by atoms with Gasteiger partial charge >= 0.3 is 5.97 Å². The fourth-order valence-corrected chi connectivity index (χ4v) is 4.84. The maximum absolute atomic E-state index is 12.9. The highest BCUT2D eigenvalue weighted by molar-refractivity contribution is 5.99. The molecular weight excluding hydrogens is 384 g/mol. The smallest absolute Gasteiger partial charge is 0.311 e. The van der Waals surface area contributed by atoms with Gasteiger partial charge in [0.25, 0.3) is 5.91 Å². The van der Waals surface area contributed by atoms with Crippen molar-refractivity contribution in [2.24, 2.45) is 5.92 Å². The number of rotatable bonds is 4. The summed E-state index contributed by atoms with van der Waals surface area (Å²) in [5.41, 5.74) is 0.547. The second-order valence-corrected chi connectivity index (χ2v) is 9.59. The number of benzene rings is 1. The third-order valence-corrected chi connectivity index (χ3v) is 5.86. The van der Waals surface area contributed by atoms with Crippen molar-refractivity contribution in [2.45, 2.75) is 65.0 Å². The maximum atomic E-state index is 12.9. The number of ether oxygens (including phenoxy) is 1. The average Bonchev–Trinajstić information content (AvgIpc) is 2.99. The first kappa shape index (κ1) is 22.0. The van der Waals surface area contributed by atoms with E-state index in [1.165, 1.54) is 0 Å². The Kier molecular flexibility index (Phi) is 5.76. The Hall–Kier alpha value is -2.70. The van der Waals surface area contributed by atoms with Gasteiger partial charge in [0.15, 0.2) is 6.61 Å². The molecule has 1 unspecified atom stereocenters. The van der Waals surface area contributed by atoms with Crippen molar-refractivity contribution in [1.82, 2.24) is 4.90 Å². The van der Waals surface area contributed by atoms with Gasteiger partial charge in [-0.2, -0.15) is 0 Å². The lowest BCUT2D eigenvalue weighted by Crippen LogP contribution is -2.63. The first-order valence-corrected chi connectivity index (χ1v) is 10.3. The van der Waals surface area contributed by atoms with E-state index in [2.05, 4.69) is 0 Å². The Morgan fingerprint density at radius 2 is 1.60 bits per heavy atom. The number of likely N-dealkylation sites (tertiary alicyclic amines) is 1. The summed E-state index contributed by atoms with van der Waals surface area (Å²) in [6, 6.07) is 7.54. The van der Waals surface area contributed by atoms with Crippen LogP contribution in [-0.2, 0) is 23.9 Å². The fourth-order valence-electron chi connectivity index (χ4n) is 4.84. The molecule has 0 bridgehead atoms. The molecule has 1 aromatic rings. The van der Waals surface area contributed by atoms with Crippen LogP contribution in [0, 0.1) is 12.8 Å². The van der Waals surface area contributed by atoms with Gasteiger partial charge in [-0.15, -0.1) is 0 Å². The Morgan fingerprint density at radius 3 is 2.17 bits per heavy atom. The number of aryl methyl sites for hydroxylation is 1. The molecule has 1 atom stereocenters. The molecule has 2 amide bonds. The quantitative estimate of drug-likeness (QED) is 0.707. The Morgan fingerprint density at radius 1 is 1.03 bits per heavy atom. The molecule has 2 heterocycles. The molecule has 7 heteroatoms. The van der Waals surface area contributed by atoms with Crippen LogP contribution in [0.4, 0.5) is 5.69 Å². The van der Waals surface area contributed by atoms with Gasteiger partial charge < -0.3 is 14.5 Å². The van der Waals surface area contributed by atoms with E-state index in [4.69, 9.17) is 4.74 Å². The lowest BCUT2D eigenvalue weighted by atomic mass is 9.79. The van der Waals surface area contributed by atoms with Gasteiger partial charge in [-0.05, 0) is 46.8 Å². The normalized spacial score (nSPS) is 22.9. The lowest BCUT2D eigenvalue weighted by molar-refractivity contribution is -0.165. The highest BCUT2D eigenvalue weighted by Gasteiger charge is 2.47. The molecule has 1 aromatic carbocycles. The summed E-state index contributed by atoms with van der Waals surface area (Å²) in [5.74, 6) is -1.49. The number of anilines is 1. The van der Waals surface area contributed by atoms with Gasteiger partial charge in [0.1, 0.15) is 5.78 Å². The van der Waals surface area contributed by atoms with Gasteiger partial charge in [0.05, 0.1) is 5.92 Å². The number of hydrogen-bond acceptors (Lipinski definition) is 5. The van der Waals surface area contributed by atoms with Crippen LogP contribution in [0.3, 0.4) is 0 Å². The van der Waals surface area contributed by atoms with E-state index >= 15 is 0 Å². The molecule has 162 valence electrons. The minimum atomic E-state index is -0.645. The molecule has 0 spiro atoms. The van der Waals surface area contributed by atoms with E-state index in [-0.39, 0.29) is 43.4 Å². The number of amides is 2. The molecule has 2 fully saturated rings. The number of carbonyl (C=O) groups is 4. The van der Waals surface area contributed by atoms with Gasteiger partial charge in [0, 0.05) is 42.6 Å². The highest BCUT2D eigenvalue weighted by Crippen LogP contribution is 2.36. The minimum Gasteiger partial charge on any atom is -0.455 e. The number of carbonyl (C=O) groups excluding carboxylic acids is 4. The number of piperidine rings is 1. The Bertz CT molecular complexity index is 852. The molecule has 2 aliphatic heterocycles. The van der Waals surface area contributed by atoms with Crippen LogP contribution in [-0.4, -0.2) is 52.7 Å². The van der Waals surface area contributed by atoms with Gasteiger partial charge in [-0.25, -0.2) is 0 Å². The molecule has 0 saturated carbocycles. The molecule has 0 aromatic heterocycles. The van der Waals surface area contributed by atoms with E-state index in [1.54, 1.807) is 9.80 Å². The van der Waals surface area contributed by atoms with Gasteiger partial charge in [0.2, 0.25) is 5.91 Å². The van der Waals surface area contributed by atoms with Crippen molar-refractivity contribution >= 4 is 29.3 Å². The predicted molar refractivity (Wildman–Crippen MR) is 112 cm³/mol. The monoisotopic (exact) mass is 414 g/mol. The third kappa shape index (κ3) is 4.40. The summed E-state index contributed by atoms with van der Waals surface area (Å²) in [4.78, 5) is 53.1. The largest absolute Gasteiger partial charge is 0.455 e. The minimum absolute atomic E-state index is 0.0656. The van der Waals surface area contributed by atoms with E-state index in [1.807, 2.05) is 58.9 Å². The highest BCUT2D eigenvalue weighted by atomic mass is 16.5. The van der Waals surface area contributed by atoms with Crippen LogP contribution in [0.15, 0.2) is 24.3 Å². The van der Waals surface area contributed by atoms with Gasteiger partial charge in [-0.1, -0.05) is 17.7 Å². The van der Waals surface area contributed by atoms with Crippen molar-refractivity contribution < 1.29 is 23.9 Å². The SMILES string of the molecule is Cc1ccc(N2CC(C(=O)OCC(=O)N3C(C)(C)CC(=O)CC3(C)C)CC2=O)cc1. The summed E-state index contributed by atoms with van der Waals surface area (Å²) in [7, 11) is 0. The zero-order chi connectivity index (χ0) is 22.3. The summed E-state index contributed by atoms with van der Waals surface area (Å²) < 4.78 is 5.31. The molecule has 2 saturated heterocycles. The molecule has 3 rings (SSSR count). The number of hydrogen-bond donors (Lipinski definition) is 0. The Balaban J connectivity index is 1.61. The third-order valence-electron chi connectivity index (χ3n) is 5.86.